The van der Waals surface area contributed by atoms with Gasteiger partial charge in [0.1, 0.15) is 0 Å². The Bertz CT molecular complexity index is 209. The highest BCUT2D eigenvalue weighted by Gasteiger charge is 2.32. The highest BCUT2D eigenvalue weighted by atomic mass is 31.3. The lowest BCUT2D eigenvalue weighted by molar-refractivity contribution is 0.133. The second-order valence-corrected chi connectivity index (χ2v) is 4.09. The first-order valence-corrected chi connectivity index (χ1v) is 5.24. The van der Waals surface area contributed by atoms with Gasteiger partial charge in [-0.15, -0.1) is 0 Å². The van der Waals surface area contributed by atoms with Crippen molar-refractivity contribution in [1.29, 1.82) is 0 Å². The summed E-state index contributed by atoms with van der Waals surface area (Å²) in [6.07, 6.45) is 0. The maximum Gasteiger partial charge on any atom is 0.497 e. The molecule has 4 N–H and O–H groups in total. The monoisotopic (exact) mass is 223 g/mol. The second-order valence-electron chi connectivity index (χ2n) is 1.34. The molecule has 10 heteroatoms. The van der Waals surface area contributed by atoms with Crippen LogP contribution in [0.3, 0.4) is 0 Å². The lowest BCUT2D eigenvalue weighted by Gasteiger charge is -2.09. The maximum absolute atomic E-state index is 10.4. The van der Waals surface area contributed by atoms with Gasteiger partial charge in [-0.2, -0.15) is 14.4 Å². The van der Waals surface area contributed by atoms with Gasteiger partial charge in [-0.05, 0) is 0 Å². The topological polar surface area (TPSA) is 125 Å². The van der Waals surface area contributed by atoms with Gasteiger partial charge >= 0.3 is 15.6 Å². The minimum Gasteiger partial charge on any atom is -0.302 e. The van der Waals surface area contributed by atoms with E-state index in [1.165, 1.54) is 0 Å². The Morgan fingerprint density at radius 2 is 1.67 bits per heavy atom. The van der Waals surface area contributed by atoms with Crippen LogP contribution in [0.2, 0.25) is 0 Å². The lowest BCUT2D eigenvalue weighted by Crippen LogP contribution is -2.05. The van der Waals surface area contributed by atoms with Crippen LogP contribution in [0.4, 0.5) is 0 Å². The molecule has 76 valence electrons. The van der Waals surface area contributed by atoms with Crippen molar-refractivity contribution < 1.29 is 32.7 Å². The van der Waals surface area contributed by atoms with E-state index in [1.54, 1.807) is 5.48 Å². The van der Waals surface area contributed by atoms with Gasteiger partial charge < -0.3 is 14.7 Å². The molecule has 0 rings (SSSR count). The fourth-order valence-corrected chi connectivity index (χ4v) is 1.71. The van der Waals surface area contributed by atoms with Crippen molar-refractivity contribution in [1.82, 2.24) is 5.48 Å². The van der Waals surface area contributed by atoms with Crippen LogP contribution in [0.5, 0.6) is 0 Å². The first-order valence-electron chi connectivity index (χ1n) is 2.22. The first-order chi connectivity index (χ1) is 4.77. The molecule has 0 amide bonds. The zero-order valence-corrected chi connectivity index (χ0v) is 7.16. The molecule has 0 aromatic carbocycles. The summed E-state index contributed by atoms with van der Waals surface area (Å²) in [5.74, 6) is 0. The average molecular weight is 223 g/mol. The summed E-state index contributed by atoms with van der Waals surface area (Å²) in [6, 6.07) is 0. The van der Waals surface area contributed by atoms with Gasteiger partial charge in [-0.3, -0.25) is 0 Å². The normalized spacial score (nSPS) is 16.3. The van der Waals surface area contributed by atoms with E-state index in [0.29, 0.717) is 0 Å². The molecule has 8 nitrogen and oxygen atoms in total. The number of hydroxylamine groups is 1. The van der Waals surface area contributed by atoms with Crippen LogP contribution in [-0.4, -0.2) is 21.7 Å². The van der Waals surface area contributed by atoms with Crippen molar-refractivity contribution in [3.05, 3.63) is 0 Å². The van der Waals surface area contributed by atoms with Gasteiger partial charge in [0.25, 0.3) is 0 Å². The predicted octanol–water partition coefficient (Wildman–Crippen LogP) is -0.0168. The van der Waals surface area contributed by atoms with Crippen molar-refractivity contribution in [2.75, 3.05) is 7.05 Å². The number of hydrogen-bond acceptors (Lipinski definition) is 5. The number of hydrogen-bond donors (Lipinski definition) is 4. The van der Waals surface area contributed by atoms with Crippen LogP contribution in [0.25, 0.3) is 0 Å². The highest BCUT2D eigenvalue weighted by Crippen LogP contribution is 2.56. The molecule has 1 atom stereocenters. The number of nitrogens with one attached hydrogen (secondary N) is 1. The van der Waals surface area contributed by atoms with Crippen LogP contribution in [0.15, 0.2) is 0 Å². The largest absolute Gasteiger partial charge is 0.497 e. The van der Waals surface area contributed by atoms with Crippen LogP contribution in [-0.2, 0) is 18.1 Å². The van der Waals surface area contributed by atoms with Gasteiger partial charge in [0.2, 0.25) is 0 Å². The van der Waals surface area contributed by atoms with Crippen molar-refractivity contribution in [2.24, 2.45) is 0 Å². The molecule has 0 heterocycles. The van der Waals surface area contributed by atoms with Gasteiger partial charge in [-0.1, -0.05) is 7.43 Å². The number of rotatable bonds is 4. The standard InChI is InChI=1S/CH7NO7P2.CH4/c1-2-8-11(6,7)9-10(3,4)5;/h2H,1H3,(H,6,7)(H2,3,4,5);1H4. The Balaban J connectivity index is 0. The van der Waals surface area contributed by atoms with Crippen molar-refractivity contribution >= 4 is 15.6 Å². The van der Waals surface area contributed by atoms with E-state index in [4.69, 9.17) is 14.7 Å². The number of phosphoric acid groups is 2. The molecular formula is C2H11NO7P2. The van der Waals surface area contributed by atoms with E-state index < -0.39 is 15.6 Å². The minimum atomic E-state index is -5.00. The molecule has 0 saturated carbocycles. The van der Waals surface area contributed by atoms with Gasteiger partial charge in [0.05, 0.1) is 0 Å². The highest BCUT2D eigenvalue weighted by molar-refractivity contribution is 7.60. The molecule has 0 aliphatic rings. The Labute approximate surface area is 69.3 Å². The first kappa shape index (κ1) is 14.7. The molecule has 0 aliphatic heterocycles. The third-order valence-corrected chi connectivity index (χ3v) is 2.51. The van der Waals surface area contributed by atoms with Crippen LogP contribution >= 0.6 is 15.6 Å². The molecule has 0 aromatic rings. The summed E-state index contributed by atoms with van der Waals surface area (Å²) in [7, 11) is -8.55. The van der Waals surface area contributed by atoms with Crippen LogP contribution in [0.1, 0.15) is 7.43 Å². The molecule has 0 radical (unpaired) electrons. The van der Waals surface area contributed by atoms with Crippen molar-refractivity contribution in [3.63, 3.8) is 0 Å². The Morgan fingerprint density at radius 1 is 1.25 bits per heavy atom. The molecule has 0 saturated heterocycles. The quantitative estimate of drug-likeness (QED) is 0.387. The van der Waals surface area contributed by atoms with Gasteiger partial charge in [-0.25, -0.2) is 9.13 Å². The molecule has 0 aliphatic carbocycles. The summed E-state index contributed by atoms with van der Waals surface area (Å²) < 4.78 is 27.5. The molecule has 0 fully saturated rings. The van der Waals surface area contributed by atoms with E-state index in [0.717, 1.165) is 7.05 Å². The molecule has 0 spiro atoms. The minimum absolute atomic E-state index is 0. The fraction of sp³-hybridized carbons (Fsp3) is 1.00. The molecular weight excluding hydrogens is 212 g/mol. The average Bonchev–Trinajstić information content (AvgIpc) is 1.55. The van der Waals surface area contributed by atoms with Crippen LogP contribution in [0, 0.1) is 0 Å². The van der Waals surface area contributed by atoms with E-state index in [2.05, 4.69) is 8.94 Å². The van der Waals surface area contributed by atoms with Crippen LogP contribution < -0.4 is 5.48 Å². The summed E-state index contributed by atoms with van der Waals surface area (Å²) >= 11 is 0. The summed E-state index contributed by atoms with van der Waals surface area (Å²) in [4.78, 5) is 24.5. The molecule has 0 aromatic heterocycles. The third kappa shape index (κ3) is 8.32. The maximum atomic E-state index is 10.4. The molecule has 0 bridgehead atoms. The van der Waals surface area contributed by atoms with Gasteiger partial charge in [0.15, 0.2) is 0 Å². The Hall–Kier alpha value is 0.220. The SMILES string of the molecule is C.CNOP(=O)(O)OP(=O)(O)O. The van der Waals surface area contributed by atoms with E-state index in [1.807, 2.05) is 0 Å². The van der Waals surface area contributed by atoms with E-state index >= 15 is 0 Å². The Morgan fingerprint density at radius 3 is 1.92 bits per heavy atom. The fourth-order valence-electron chi connectivity index (χ4n) is 0.266. The predicted molar refractivity (Wildman–Crippen MR) is 39.8 cm³/mol. The molecule has 1 unspecified atom stereocenters. The van der Waals surface area contributed by atoms with Crippen molar-refractivity contribution in [2.45, 2.75) is 7.43 Å². The smallest absolute Gasteiger partial charge is 0.302 e. The second kappa shape index (κ2) is 5.06. The van der Waals surface area contributed by atoms with Gasteiger partial charge in [0, 0.05) is 7.05 Å². The van der Waals surface area contributed by atoms with E-state index in [9.17, 15) is 9.13 Å². The summed E-state index contributed by atoms with van der Waals surface area (Å²) in [6.45, 7) is 0. The lowest BCUT2D eigenvalue weighted by atomic mass is 11.6. The summed E-state index contributed by atoms with van der Waals surface area (Å²) in [5, 5.41) is 0. The van der Waals surface area contributed by atoms with E-state index in [-0.39, 0.29) is 7.43 Å². The third-order valence-electron chi connectivity index (χ3n) is 0.416. The zero-order valence-electron chi connectivity index (χ0n) is 5.37. The molecule has 12 heavy (non-hydrogen) atoms. The van der Waals surface area contributed by atoms with Crippen molar-refractivity contribution in [3.8, 4) is 0 Å². The Kier molecular flexibility index (Phi) is 6.21. The summed E-state index contributed by atoms with van der Waals surface area (Å²) in [5.41, 5.74) is 1.75. The zero-order chi connectivity index (χ0) is 9.12.